The molecule has 1 saturated heterocycles. The molecule has 3 nitrogen and oxygen atoms in total. The van der Waals surface area contributed by atoms with Crippen molar-refractivity contribution in [2.24, 2.45) is 22.7 Å². The van der Waals surface area contributed by atoms with Crippen molar-refractivity contribution in [1.29, 1.82) is 0 Å². The first-order valence-electron chi connectivity index (χ1n) is 9.65. The normalized spacial score (nSPS) is 37.4. The maximum atomic E-state index is 14.4. The predicted octanol–water partition coefficient (Wildman–Crippen LogP) is 4.37. The fourth-order valence-electron chi connectivity index (χ4n) is 6.09. The number of nitrogens with one attached hydrogen (secondary N) is 1. The highest BCUT2D eigenvalue weighted by molar-refractivity contribution is 5.76. The van der Waals surface area contributed by atoms with Crippen LogP contribution in [-0.4, -0.2) is 18.6 Å². The molecule has 1 amide bonds. The third-order valence-electron chi connectivity index (χ3n) is 7.40. The maximum absolute atomic E-state index is 14.4. The van der Waals surface area contributed by atoms with E-state index in [1.54, 1.807) is 0 Å². The summed E-state index contributed by atoms with van der Waals surface area (Å²) in [5, 5.41) is 3.28. The molecule has 4 rings (SSSR count). The molecule has 1 N–H and O–H groups in total. The van der Waals surface area contributed by atoms with Crippen molar-refractivity contribution < 1.29 is 18.3 Å². The van der Waals surface area contributed by atoms with Gasteiger partial charge in [0.05, 0.1) is 6.10 Å². The Balaban J connectivity index is 1.73. The molecule has 5 heteroatoms. The van der Waals surface area contributed by atoms with E-state index in [0.717, 1.165) is 25.3 Å². The highest BCUT2D eigenvalue weighted by atomic mass is 19.1. The van der Waals surface area contributed by atoms with Crippen LogP contribution in [0.15, 0.2) is 18.2 Å². The fraction of sp³-hybridized carbons (Fsp3) is 0.667. The summed E-state index contributed by atoms with van der Waals surface area (Å²) in [7, 11) is 0. The Labute approximate surface area is 153 Å². The summed E-state index contributed by atoms with van der Waals surface area (Å²) >= 11 is 0. The lowest BCUT2D eigenvalue weighted by Gasteiger charge is -2.53. The Bertz CT molecular complexity index is 735. The highest BCUT2D eigenvalue weighted by Crippen LogP contribution is 2.70. The Kier molecular flexibility index (Phi) is 4.14. The van der Waals surface area contributed by atoms with E-state index >= 15 is 0 Å². The Morgan fingerprint density at radius 2 is 2.12 bits per heavy atom. The van der Waals surface area contributed by atoms with Crippen molar-refractivity contribution in [3.8, 4) is 0 Å². The summed E-state index contributed by atoms with van der Waals surface area (Å²) in [6.45, 7) is 6.84. The molecule has 0 aromatic heterocycles. The summed E-state index contributed by atoms with van der Waals surface area (Å²) in [5.74, 6) is -0.236. The molecule has 1 aromatic carbocycles. The van der Waals surface area contributed by atoms with Crippen LogP contribution in [-0.2, 0) is 9.53 Å². The second-order valence-electron chi connectivity index (χ2n) is 8.86. The molecule has 1 spiro atoms. The van der Waals surface area contributed by atoms with Gasteiger partial charge in [0.1, 0.15) is 11.6 Å². The van der Waals surface area contributed by atoms with Gasteiger partial charge in [0.25, 0.3) is 0 Å². The molecule has 1 heterocycles. The van der Waals surface area contributed by atoms with Crippen molar-refractivity contribution in [3.63, 3.8) is 0 Å². The van der Waals surface area contributed by atoms with Crippen LogP contribution in [0.2, 0.25) is 0 Å². The first-order valence-corrected chi connectivity index (χ1v) is 9.65. The summed E-state index contributed by atoms with van der Waals surface area (Å²) < 4.78 is 34.2. The zero-order valence-electron chi connectivity index (χ0n) is 15.6. The van der Waals surface area contributed by atoms with Gasteiger partial charge in [-0.05, 0) is 60.1 Å². The molecule has 26 heavy (non-hydrogen) atoms. The SMILES string of the molecule is CCC(=O)N[C@H]1C(C)(C)[C@@H]2C[C@@H]3[C@@H](c4cc(F)ccc4F)OCCC31C2. The van der Waals surface area contributed by atoms with Gasteiger partial charge in [-0.1, -0.05) is 20.8 Å². The largest absolute Gasteiger partial charge is 0.373 e. The minimum Gasteiger partial charge on any atom is -0.373 e. The van der Waals surface area contributed by atoms with Gasteiger partial charge in [-0.3, -0.25) is 4.79 Å². The lowest BCUT2D eigenvalue weighted by molar-refractivity contribution is -0.137. The number of ether oxygens (including phenoxy) is 1. The maximum Gasteiger partial charge on any atom is 0.219 e. The first-order chi connectivity index (χ1) is 12.3. The zero-order valence-corrected chi connectivity index (χ0v) is 15.6. The highest BCUT2D eigenvalue weighted by Gasteiger charge is 2.68. The second kappa shape index (κ2) is 6.01. The van der Waals surface area contributed by atoms with Crippen LogP contribution in [0.25, 0.3) is 0 Å². The number of carbonyl (C=O) groups is 1. The van der Waals surface area contributed by atoms with Crippen LogP contribution < -0.4 is 5.32 Å². The van der Waals surface area contributed by atoms with Gasteiger partial charge in [0, 0.05) is 24.6 Å². The third kappa shape index (κ3) is 2.43. The molecule has 0 radical (unpaired) electrons. The van der Waals surface area contributed by atoms with Crippen LogP contribution in [0, 0.1) is 34.3 Å². The van der Waals surface area contributed by atoms with E-state index in [9.17, 15) is 13.6 Å². The molecule has 3 fully saturated rings. The number of carbonyl (C=O) groups excluding carboxylic acids is 1. The smallest absolute Gasteiger partial charge is 0.219 e. The Hall–Kier alpha value is -1.49. The molecule has 5 atom stereocenters. The number of benzene rings is 1. The van der Waals surface area contributed by atoms with Gasteiger partial charge < -0.3 is 10.1 Å². The summed E-state index contributed by atoms with van der Waals surface area (Å²) in [4.78, 5) is 12.2. The van der Waals surface area contributed by atoms with Crippen LogP contribution in [0.4, 0.5) is 8.78 Å². The van der Waals surface area contributed by atoms with Gasteiger partial charge in [0.2, 0.25) is 5.91 Å². The monoisotopic (exact) mass is 363 g/mol. The van der Waals surface area contributed by atoms with Gasteiger partial charge in [-0.2, -0.15) is 0 Å². The standard InChI is InChI=1S/C21H27F2NO2/c1-4-17(25)24-19-20(2,3)12-9-15-18(26-8-7-21(15,19)11-12)14-10-13(22)5-6-16(14)23/h5-6,10,12,15,18-19H,4,7-9,11H2,1-3H3,(H,24,25)/t12-,15-,18-,19+,21?/m1/s1. The molecule has 2 bridgehead atoms. The van der Waals surface area contributed by atoms with Crippen LogP contribution >= 0.6 is 0 Å². The van der Waals surface area contributed by atoms with Gasteiger partial charge in [-0.15, -0.1) is 0 Å². The molecule has 3 aliphatic rings. The third-order valence-corrected chi connectivity index (χ3v) is 7.40. The second-order valence-corrected chi connectivity index (χ2v) is 8.86. The van der Waals surface area contributed by atoms with Crippen molar-refractivity contribution in [2.75, 3.05) is 6.61 Å². The van der Waals surface area contributed by atoms with E-state index in [2.05, 4.69) is 19.2 Å². The predicted molar refractivity (Wildman–Crippen MR) is 94.3 cm³/mol. The number of rotatable bonds is 3. The number of halogens is 2. The van der Waals surface area contributed by atoms with Gasteiger partial charge >= 0.3 is 0 Å². The van der Waals surface area contributed by atoms with E-state index in [0.29, 0.717) is 24.5 Å². The molecule has 1 unspecified atom stereocenters. The Morgan fingerprint density at radius 1 is 1.35 bits per heavy atom. The molecule has 1 aromatic rings. The average molecular weight is 363 g/mol. The quantitative estimate of drug-likeness (QED) is 0.866. The minimum absolute atomic E-state index is 0.00367. The van der Waals surface area contributed by atoms with Crippen molar-refractivity contribution in [1.82, 2.24) is 5.32 Å². The minimum atomic E-state index is -0.443. The molecule has 1 aliphatic heterocycles. The zero-order chi connectivity index (χ0) is 18.7. The van der Waals surface area contributed by atoms with E-state index in [1.165, 1.54) is 12.1 Å². The lowest BCUT2D eigenvalue weighted by Crippen LogP contribution is -2.58. The van der Waals surface area contributed by atoms with Crippen molar-refractivity contribution in [2.45, 2.75) is 58.6 Å². The summed E-state index contributed by atoms with van der Waals surface area (Å²) in [6.07, 6.45) is 2.83. The number of fused-ring (bicyclic) bond motifs is 1. The average Bonchev–Trinajstić information content (AvgIpc) is 3.09. The fourth-order valence-corrected chi connectivity index (χ4v) is 6.09. The molecular formula is C21H27F2NO2. The van der Waals surface area contributed by atoms with E-state index in [4.69, 9.17) is 4.74 Å². The van der Waals surface area contributed by atoms with E-state index in [1.807, 2.05) is 6.92 Å². The van der Waals surface area contributed by atoms with E-state index in [-0.39, 0.29) is 28.7 Å². The number of amides is 1. The van der Waals surface area contributed by atoms with Gasteiger partial charge in [0.15, 0.2) is 0 Å². The van der Waals surface area contributed by atoms with E-state index < -0.39 is 17.7 Å². The van der Waals surface area contributed by atoms with Crippen molar-refractivity contribution >= 4 is 5.91 Å². The Morgan fingerprint density at radius 3 is 2.85 bits per heavy atom. The molecule has 142 valence electrons. The number of hydrogen-bond donors (Lipinski definition) is 1. The number of hydrogen-bond acceptors (Lipinski definition) is 2. The van der Waals surface area contributed by atoms with Crippen LogP contribution in [0.3, 0.4) is 0 Å². The topological polar surface area (TPSA) is 38.3 Å². The first kappa shape index (κ1) is 17.9. The van der Waals surface area contributed by atoms with Crippen LogP contribution in [0.5, 0.6) is 0 Å². The van der Waals surface area contributed by atoms with Crippen LogP contribution in [0.1, 0.15) is 58.1 Å². The lowest BCUT2D eigenvalue weighted by atomic mass is 9.58. The molecule has 2 aliphatic carbocycles. The molecular weight excluding hydrogens is 336 g/mol. The summed E-state index contributed by atoms with van der Waals surface area (Å²) in [6, 6.07) is 3.65. The van der Waals surface area contributed by atoms with Gasteiger partial charge in [-0.25, -0.2) is 8.78 Å². The van der Waals surface area contributed by atoms with Crippen molar-refractivity contribution in [3.05, 3.63) is 35.4 Å². The summed E-state index contributed by atoms with van der Waals surface area (Å²) in [5.41, 5.74) is 0.227. The molecule has 2 saturated carbocycles.